The molecule has 0 saturated heterocycles. The molecule has 1 aromatic carbocycles. The summed E-state index contributed by atoms with van der Waals surface area (Å²) < 4.78 is 14.1. The van der Waals surface area contributed by atoms with Crippen LogP contribution in [0.3, 0.4) is 0 Å². The lowest BCUT2D eigenvalue weighted by atomic mass is 9.97. The molecule has 4 N–H and O–H groups in total. The van der Waals surface area contributed by atoms with Crippen molar-refractivity contribution in [2.45, 2.75) is 12.8 Å². The molecule has 2 aromatic rings. The minimum Gasteiger partial charge on any atom is -0.481 e. The second-order valence-electron chi connectivity index (χ2n) is 4.01. The summed E-state index contributed by atoms with van der Waals surface area (Å²) in [5.74, 6) is -2.63. The number of aromatic amines is 1. The summed E-state index contributed by atoms with van der Waals surface area (Å²) in [5.41, 5.74) is 6.99. The van der Waals surface area contributed by atoms with Crippen LogP contribution in [-0.4, -0.2) is 22.6 Å². The van der Waals surface area contributed by atoms with Gasteiger partial charge in [0.2, 0.25) is 0 Å². The first-order valence-corrected chi connectivity index (χ1v) is 5.25. The molecule has 0 fully saturated rings. The predicted octanol–water partition coefficient (Wildman–Crippen LogP) is 1.74. The van der Waals surface area contributed by atoms with Gasteiger partial charge < -0.3 is 15.8 Å². The standard InChI is InChI=1S/C12H13FN2O2/c1-6-4-8-10(15-6)3-2-7(11(8)13)9(5-14)12(16)17/h2-4,9,15H,5,14H2,1H3,(H,16,17). The number of hydrogen-bond donors (Lipinski definition) is 3. The van der Waals surface area contributed by atoms with Gasteiger partial charge in [-0.25, -0.2) is 4.39 Å². The van der Waals surface area contributed by atoms with Crippen LogP contribution in [0.25, 0.3) is 10.9 Å². The quantitative estimate of drug-likeness (QED) is 0.759. The SMILES string of the molecule is Cc1cc2c(F)c(C(CN)C(=O)O)ccc2[nH]1. The van der Waals surface area contributed by atoms with Gasteiger partial charge in [0.25, 0.3) is 0 Å². The number of benzene rings is 1. The highest BCUT2D eigenvalue weighted by atomic mass is 19.1. The molecule has 4 nitrogen and oxygen atoms in total. The molecular weight excluding hydrogens is 223 g/mol. The topological polar surface area (TPSA) is 79.1 Å². The van der Waals surface area contributed by atoms with Crippen molar-refractivity contribution in [2.75, 3.05) is 6.54 Å². The molecule has 0 saturated carbocycles. The van der Waals surface area contributed by atoms with Crippen LogP contribution in [-0.2, 0) is 4.79 Å². The van der Waals surface area contributed by atoms with E-state index in [2.05, 4.69) is 4.98 Å². The fourth-order valence-corrected chi connectivity index (χ4v) is 1.95. The number of H-pyrrole nitrogens is 1. The van der Waals surface area contributed by atoms with Gasteiger partial charge in [0.15, 0.2) is 0 Å². The van der Waals surface area contributed by atoms with Gasteiger partial charge in [-0.05, 0) is 19.1 Å². The Labute approximate surface area is 97.2 Å². The fraction of sp³-hybridized carbons (Fsp3) is 0.250. The van der Waals surface area contributed by atoms with E-state index in [1.165, 1.54) is 6.07 Å². The molecule has 17 heavy (non-hydrogen) atoms. The number of halogens is 1. The van der Waals surface area contributed by atoms with Crippen LogP contribution in [0, 0.1) is 12.7 Å². The second-order valence-corrected chi connectivity index (χ2v) is 4.01. The molecule has 5 heteroatoms. The van der Waals surface area contributed by atoms with Crippen molar-refractivity contribution in [3.8, 4) is 0 Å². The van der Waals surface area contributed by atoms with Crippen LogP contribution in [0.15, 0.2) is 18.2 Å². The molecule has 0 bridgehead atoms. The molecular formula is C12H13FN2O2. The third kappa shape index (κ3) is 1.89. The van der Waals surface area contributed by atoms with Crippen molar-refractivity contribution in [1.29, 1.82) is 0 Å². The molecule has 0 aliphatic rings. The normalized spacial score (nSPS) is 12.9. The minimum absolute atomic E-state index is 0.124. The highest BCUT2D eigenvalue weighted by Crippen LogP contribution is 2.26. The van der Waals surface area contributed by atoms with Gasteiger partial charge in [0.1, 0.15) is 5.82 Å². The molecule has 90 valence electrons. The van der Waals surface area contributed by atoms with Gasteiger partial charge in [0.05, 0.1) is 5.92 Å². The van der Waals surface area contributed by atoms with Gasteiger partial charge in [0, 0.05) is 28.7 Å². The summed E-state index contributed by atoms with van der Waals surface area (Å²) >= 11 is 0. The maximum atomic E-state index is 14.1. The summed E-state index contributed by atoms with van der Waals surface area (Å²) in [6.07, 6.45) is 0. The summed E-state index contributed by atoms with van der Waals surface area (Å²) in [5, 5.41) is 9.38. The van der Waals surface area contributed by atoms with Crippen LogP contribution in [0.5, 0.6) is 0 Å². The van der Waals surface area contributed by atoms with E-state index >= 15 is 0 Å². The first kappa shape index (κ1) is 11.6. The van der Waals surface area contributed by atoms with Gasteiger partial charge in [-0.2, -0.15) is 0 Å². The predicted molar refractivity (Wildman–Crippen MR) is 62.4 cm³/mol. The molecule has 1 unspecified atom stereocenters. The zero-order chi connectivity index (χ0) is 12.6. The number of nitrogens with one attached hydrogen (secondary N) is 1. The van der Waals surface area contributed by atoms with Crippen LogP contribution >= 0.6 is 0 Å². The summed E-state index contributed by atoms with van der Waals surface area (Å²) in [6.45, 7) is 1.69. The fourth-order valence-electron chi connectivity index (χ4n) is 1.95. The third-order valence-corrected chi connectivity index (χ3v) is 2.81. The number of nitrogens with two attached hydrogens (primary N) is 1. The number of carbonyl (C=O) groups is 1. The summed E-state index contributed by atoms with van der Waals surface area (Å²) in [4.78, 5) is 14.0. The lowest BCUT2D eigenvalue weighted by molar-refractivity contribution is -0.138. The monoisotopic (exact) mass is 236 g/mol. The number of fused-ring (bicyclic) bond motifs is 1. The summed E-state index contributed by atoms with van der Waals surface area (Å²) in [6, 6.07) is 4.80. The van der Waals surface area contributed by atoms with Crippen molar-refractivity contribution in [3.05, 3.63) is 35.3 Å². The highest BCUT2D eigenvalue weighted by Gasteiger charge is 2.23. The Bertz CT molecular complexity index is 577. The maximum Gasteiger partial charge on any atom is 0.312 e. The lowest BCUT2D eigenvalue weighted by Crippen LogP contribution is -2.22. The van der Waals surface area contributed by atoms with Crippen LogP contribution in [0.2, 0.25) is 0 Å². The molecule has 0 aliphatic carbocycles. The zero-order valence-corrected chi connectivity index (χ0v) is 9.33. The Hall–Kier alpha value is -1.88. The molecule has 0 amide bonds. The van der Waals surface area contributed by atoms with E-state index in [0.717, 1.165) is 5.69 Å². The van der Waals surface area contributed by atoms with Gasteiger partial charge in [-0.1, -0.05) is 6.07 Å². The van der Waals surface area contributed by atoms with Crippen LogP contribution < -0.4 is 5.73 Å². The molecule has 1 aromatic heterocycles. The van der Waals surface area contributed by atoms with Crippen molar-refractivity contribution >= 4 is 16.9 Å². The highest BCUT2D eigenvalue weighted by molar-refractivity contribution is 5.85. The van der Waals surface area contributed by atoms with E-state index in [9.17, 15) is 9.18 Å². The number of hydrogen-bond acceptors (Lipinski definition) is 2. The Morgan fingerprint density at radius 3 is 2.88 bits per heavy atom. The van der Waals surface area contributed by atoms with E-state index in [4.69, 9.17) is 10.8 Å². The van der Waals surface area contributed by atoms with E-state index in [1.54, 1.807) is 12.1 Å². The number of carboxylic acids is 1. The first-order valence-electron chi connectivity index (χ1n) is 5.25. The molecule has 0 aliphatic heterocycles. The van der Waals surface area contributed by atoms with Crippen molar-refractivity contribution in [1.82, 2.24) is 4.98 Å². The molecule has 1 heterocycles. The molecule has 0 spiro atoms. The van der Waals surface area contributed by atoms with E-state index < -0.39 is 17.7 Å². The lowest BCUT2D eigenvalue weighted by Gasteiger charge is -2.11. The van der Waals surface area contributed by atoms with Gasteiger partial charge in [-0.15, -0.1) is 0 Å². The Morgan fingerprint density at radius 1 is 1.59 bits per heavy atom. The third-order valence-electron chi connectivity index (χ3n) is 2.81. The van der Waals surface area contributed by atoms with E-state index in [1.807, 2.05) is 6.92 Å². The maximum absolute atomic E-state index is 14.1. The number of rotatable bonds is 3. The van der Waals surface area contributed by atoms with Gasteiger partial charge >= 0.3 is 5.97 Å². The van der Waals surface area contributed by atoms with Crippen molar-refractivity contribution in [2.24, 2.45) is 5.73 Å². The average molecular weight is 236 g/mol. The smallest absolute Gasteiger partial charge is 0.312 e. The zero-order valence-electron chi connectivity index (χ0n) is 9.33. The number of carboxylic acid groups (broad SMARTS) is 1. The van der Waals surface area contributed by atoms with Crippen molar-refractivity contribution in [3.63, 3.8) is 0 Å². The average Bonchev–Trinajstić information content (AvgIpc) is 2.64. The Balaban J connectivity index is 2.62. The molecule has 2 rings (SSSR count). The van der Waals surface area contributed by atoms with E-state index in [0.29, 0.717) is 10.9 Å². The Kier molecular flexibility index (Phi) is 2.85. The largest absolute Gasteiger partial charge is 0.481 e. The van der Waals surface area contributed by atoms with Crippen LogP contribution in [0.4, 0.5) is 4.39 Å². The molecule has 0 radical (unpaired) electrons. The molecule has 1 atom stereocenters. The minimum atomic E-state index is -1.11. The van der Waals surface area contributed by atoms with E-state index in [-0.39, 0.29) is 12.1 Å². The second kappa shape index (κ2) is 4.18. The number of aryl methyl sites for hydroxylation is 1. The van der Waals surface area contributed by atoms with Gasteiger partial charge in [-0.3, -0.25) is 4.79 Å². The van der Waals surface area contributed by atoms with Crippen LogP contribution in [0.1, 0.15) is 17.2 Å². The summed E-state index contributed by atoms with van der Waals surface area (Å²) in [7, 11) is 0. The number of aliphatic carboxylic acids is 1. The first-order chi connectivity index (χ1) is 8.04. The van der Waals surface area contributed by atoms with Crippen molar-refractivity contribution < 1.29 is 14.3 Å². The number of aromatic nitrogens is 1. The Morgan fingerprint density at radius 2 is 2.29 bits per heavy atom.